The Morgan fingerprint density at radius 2 is 1.88 bits per heavy atom. The summed E-state index contributed by atoms with van der Waals surface area (Å²) in [6.45, 7) is 0. The first kappa shape index (κ1) is 15.9. The Morgan fingerprint density at radius 1 is 1.12 bits per heavy atom. The minimum Gasteiger partial charge on any atom is -0.508 e. The molecule has 24 heavy (non-hydrogen) atoms. The van der Waals surface area contributed by atoms with Crippen molar-refractivity contribution >= 4 is 17.6 Å². The van der Waals surface area contributed by atoms with E-state index in [1.165, 1.54) is 35.6 Å². The molecule has 122 valence electrons. The van der Waals surface area contributed by atoms with E-state index in [2.05, 4.69) is 10.1 Å². The van der Waals surface area contributed by atoms with Gasteiger partial charge in [0.15, 0.2) is 0 Å². The van der Waals surface area contributed by atoms with Crippen molar-refractivity contribution in [1.29, 1.82) is 0 Å². The van der Waals surface area contributed by atoms with Crippen LogP contribution in [0, 0.1) is 5.82 Å². The highest BCUT2D eigenvalue weighted by molar-refractivity contribution is 7.07. The largest absolute Gasteiger partial charge is 0.508 e. The predicted octanol–water partition coefficient (Wildman–Crippen LogP) is 3.18. The standard InChI is InChI=1S/C17H14FN3O2S/c1-19-17-21(20-9-11-2-4-12(18)5-3-11)15(10-24-17)14-7-6-13(22)8-16(14)23/h2-10,22-23H,1H3/b19-17?,20-9+. The molecule has 0 atom stereocenters. The molecule has 0 bridgehead atoms. The highest BCUT2D eigenvalue weighted by Crippen LogP contribution is 2.32. The van der Waals surface area contributed by atoms with Crippen molar-refractivity contribution < 1.29 is 14.6 Å². The molecule has 0 amide bonds. The Hall–Kier alpha value is -2.93. The summed E-state index contributed by atoms with van der Waals surface area (Å²) in [6, 6.07) is 10.3. The Bertz CT molecular complexity index is 959. The lowest BCUT2D eigenvalue weighted by atomic mass is 10.1. The SMILES string of the molecule is CN=c1scc(-c2ccc(O)cc2O)n1/N=C/c1ccc(F)cc1. The summed E-state index contributed by atoms with van der Waals surface area (Å²) in [7, 11) is 1.65. The smallest absolute Gasteiger partial charge is 0.205 e. The maximum atomic E-state index is 13.0. The number of thiazole rings is 1. The Labute approximate surface area is 141 Å². The van der Waals surface area contributed by atoms with Crippen molar-refractivity contribution in [3.63, 3.8) is 0 Å². The van der Waals surface area contributed by atoms with E-state index in [-0.39, 0.29) is 17.3 Å². The number of aromatic hydroxyl groups is 2. The predicted molar refractivity (Wildman–Crippen MR) is 92.0 cm³/mol. The highest BCUT2D eigenvalue weighted by Gasteiger charge is 2.11. The van der Waals surface area contributed by atoms with Crippen LogP contribution in [-0.2, 0) is 0 Å². The molecule has 1 aromatic heterocycles. The summed E-state index contributed by atoms with van der Waals surface area (Å²) in [5.74, 6) is -0.385. The number of benzene rings is 2. The maximum absolute atomic E-state index is 13.0. The van der Waals surface area contributed by atoms with Crippen LogP contribution in [-0.4, -0.2) is 28.2 Å². The van der Waals surface area contributed by atoms with E-state index in [9.17, 15) is 14.6 Å². The molecule has 0 aliphatic carbocycles. The fraction of sp³-hybridized carbons (Fsp3) is 0.0588. The summed E-state index contributed by atoms with van der Waals surface area (Å²) in [4.78, 5) is 4.80. The van der Waals surface area contributed by atoms with Crippen LogP contribution in [0.2, 0.25) is 0 Å². The van der Waals surface area contributed by atoms with Gasteiger partial charge in [-0.1, -0.05) is 12.1 Å². The second-order valence-electron chi connectivity index (χ2n) is 4.94. The first-order chi connectivity index (χ1) is 11.6. The summed E-state index contributed by atoms with van der Waals surface area (Å²) >= 11 is 1.37. The molecular formula is C17H14FN3O2S. The summed E-state index contributed by atoms with van der Waals surface area (Å²) in [5.41, 5.74) is 1.89. The second kappa shape index (κ2) is 6.67. The molecule has 1 heterocycles. The first-order valence-corrected chi connectivity index (χ1v) is 7.92. The van der Waals surface area contributed by atoms with Gasteiger partial charge in [-0.3, -0.25) is 4.99 Å². The molecule has 0 spiro atoms. The minimum atomic E-state index is -0.311. The van der Waals surface area contributed by atoms with Crippen molar-refractivity contribution in [2.45, 2.75) is 0 Å². The topological polar surface area (TPSA) is 70.1 Å². The van der Waals surface area contributed by atoms with Gasteiger partial charge in [0.1, 0.15) is 17.3 Å². The number of halogens is 1. The van der Waals surface area contributed by atoms with E-state index >= 15 is 0 Å². The second-order valence-corrected chi connectivity index (χ2v) is 5.77. The fourth-order valence-corrected chi connectivity index (χ4v) is 2.95. The van der Waals surface area contributed by atoms with Crippen molar-refractivity contribution in [3.8, 4) is 22.8 Å². The Balaban J connectivity index is 2.07. The van der Waals surface area contributed by atoms with Gasteiger partial charge < -0.3 is 10.2 Å². The Morgan fingerprint density at radius 3 is 2.54 bits per heavy atom. The van der Waals surface area contributed by atoms with Crippen LogP contribution < -0.4 is 4.80 Å². The molecule has 5 nitrogen and oxygen atoms in total. The zero-order valence-corrected chi connectivity index (χ0v) is 13.5. The lowest BCUT2D eigenvalue weighted by molar-refractivity contribution is 0.451. The molecule has 3 aromatic rings. The third-order valence-corrected chi connectivity index (χ3v) is 4.23. The van der Waals surface area contributed by atoms with Crippen molar-refractivity contribution in [2.75, 3.05) is 7.05 Å². The number of nitrogens with zero attached hydrogens (tertiary/aromatic N) is 3. The van der Waals surface area contributed by atoms with Crippen LogP contribution in [0.4, 0.5) is 4.39 Å². The molecule has 2 N–H and O–H groups in total. The minimum absolute atomic E-state index is 0.0201. The number of hydrogen-bond acceptors (Lipinski definition) is 5. The zero-order chi connectivity index (χ0) is 17.1. The van der Waals surface area contributed by atoms with Crippen LogP contribution in [0.1, 0.15) is 5.56 Å². The highest BCUT2D eigenvalue weighted by atomic mass is 32.1. The van der Waals surface area contributed by atoms with Gasteiger partial charge in [0.05, 0.1) is 11.9 Å². The summed E-state index contributed by atoms with van der Waals surface area (Å²) in [5, 5.41) is 25.7. The van der Waals surface area contributed by atoms with Gasteiger partial charge in [-0.05, 0) is 29.8 Å². The van der Waals surface area contributed by atoms with Crippen molar-refractivity contribution in [1.82, 2.24) is 4.68 Å². The number of rotatable bonds is 3. The number of aromatic nitrogens is 1. The third-order valence-electron chi connectivity index (χ3n) is 3.33. The van der Waals surface area contributed by atoms with E-state index < -0.39 is 0 Å². The molecule has 2 aromatic carbocycles. The number of phenols is 2. The molecule has 3 rings (SSSR count). The monoisotopic (exact) mass is 343 g/mol. The molecule has 0 saturated heterocycles. The molecule has 0 fully saturated rings. The normalized spacial score (nSPS) is 12.2. The van der Waals surface area contributed by atoms with Crippen LogP contribution in [0.15, 0.2) is 57.9 Å². The zero-order valence-electron chi connectivity index (χ0n) is 12.7. The first-order valence-electron chi connectivity index (χ1n) is 7.04. The molecule has 0 unspecified atom stereocenters. The summed E-state index contributed by atoms with van der Waals surface area (Å²) < 4.78 is 14.6. The lowest BCUT2D eigenvalue weighted by Gasteiger charge is -2.06. The van der Waals surface area contributed by atoms with Crippen LogP contribution in [0.5, 0.6) is 11.5 Å². The number of phenolic OH excluding ortho intramolecular Hbond substituents is 2. The molecule has 0 aliphatic rings. The molecule has 0 saturated carbocycles. The quantitative estimate of drug-likeness (QED) is 0.717. The molecule has 0 radical (unpaired) electrons. The average molecular weight is 343 g/mol. The lowest BCUT2D eigenvalue weighted by Crippen LogP contribution is -2.11. The van der Waals surface area contributed by atoms with Gasteiger partial charge in [0, 0.05) is 24.1 Å². The molecule has 0 aliphatic heterocycles. The van der Waals surface area contributed by atoms with Crippen LogP contribution in [0.25, 0.3) is 11.3 Å². The van der Waals surface area contributed by atoms with E-state index in [4.69, 9.17) is 0 Å². The van der Waals surface area contributed by atoms with E-state index in [0.717, 1.165) is 5.56 Å². The van der Waals surface area contributed by atoms with Crippen molar-refractivity contribution in [2.24, 2.45) is 10.1 Å². The van der Waals surface area contributed by atoms with E-state index in [0.29, 0.717) is 16.1 Å². The van der Waals surface area contributed by atoms with Gasteiger partial charge in [-0.25, -0.2) is 9.07 Å². The average Bonchev–Trinajstić information content (AvgIpc) is 2.97. The van der Waals surface area contributed by atoms with Gasteiger partial charge in [-0.15, -0.1) is 11.3 Å². The van der Waals surface area contributed by atoms with Crippen LogP contribution >= 0.6 is 11.3 Å². The third kappa shape index (κ3) is 3.21. The molecule has 7 heteroatoms. The van der Waals surface area contributed by atoms with Crippen LogP contribution in [0.3, 0.4) is 0 Å². The van der Waals surface area contributed by atoms with Gasteiger partial charge in [0.2, 0.25) is 4.80 Å². The Kier molecular flexibility index (Phi) is 4.43. The fourth-order valence-electron chi connectivity index (χ4n) is 2.16. The van der Waals surface area contributed by atoms with E-state index in [1.54, 1.807) is 36.1 Å². The number of hydrogen-bond donors (Lipinski definition) is 2. The van der Waals surface area contributed by atoms with Gasteiger partial charge in [-0.2, -0.15) is 5.10 Å². The van der Waals surface area contributed by atoms with Gasteiger partial charge >= 0.3 is 0 Å². The van der Waals surface area contributed by atoms with Gasteiger partial charge in [0.25, 0.3) is 0 Å². The van der Waals surface area contributed by atoms with E-state index in [1.807, 2.05) is 5.38 Å². The summed E-state index contributed by atoms with van der Waals surface area (Å²) in [6.07, 6.45) is 1.59. The van der Waals surface area contributed by atoms with Crippen molar-refractivity contribution in [3.05, 3.63) is 64.0 Å². The molecular weight excluding hydrogens is 329 g/mol. The maximum Gasteiger partial charge on any atom is 0.205 e.